The summed E-state index contributed by atoms with van der Waals surface area (Å²) in [6, 6.07) is 17.4. The minimum Gasteiger partial charge on any atom is -0.465 e. The van der Waals surface area contributed by atoms with Gasteiger partial charge in [0.05, 0.1) is 33.8 Å². The third-order valence-electron chi connectivity index (χ3n) is 5.45. The molecule has 10 heteroatoms. The van der Waals surface area contributed by atoms with Gasteiger partial charge in [0.25, 0.3) is 15.9 Å². The number of hydrogen-bond acceptors (Lipinski definition) is 5. The lowest BCUT2D eigenvalue weighted by Crippen LogP contribution is -2.37. The summed E-state index contributed by atoms with van der Waals surface area (Å²) in [5, 5.41) is 0.854. The number of anilines is 1. The van der Waals surface area contributed by atoms with Crippen molar-refractivity contribution in [2.75, 3.05) is 18.0 Å². The van der Waals surface area contributed by atoms with E-state index in [1.165, 1.54) is 48.2 Å². The van der Waals surface area contributed by atoms with Crippen LogP contribution in [0.15, 0.2) is 77.8 Å². The van der Waals surface area contributed by atoms with E-state index in [2.05, 4.69) is 0 Å². The van der Waals surface area contributed by atoms with Gasteiger partial charge in [0.15, 0.2) is 0 Å². The van der Waals surface area contributed by atoms with E-state index in [1.54, 1.807) is 36.4 Å². The number of para-hydroxylation sites is 1. The maximum atomic E-state index is 13.7. The molecule has 0 unspecified atom stereocenters. The average Bonchev–Trinajstić information content (AvgIpc) is 3.23. The first kappa shape index (κ1) is 24.8. The SMILES string of the molecule is COC(=O)c1cn(C(=O)CN(c2cc(Cl)ccc2Cl)S(=O)(=O)c2ccc(C)cc2)c2ccccc12. The second kappa shape index (κ2) is 9.73. The number of halogens is 2. The molecule has 0 N–H and O–H groups in total. The third kappa shape index (κ3) is 4.77. The second-order valence-electron chi connectivity index (χ2n) is 7.74. The zero-order valence-corrected chi connectivity index (χ0v) is 21.1. The topological polar surface area (TPSA) is 85.7 Å². The van der Waals surface area contributed by atoms with Crippen molar-refractivity contribution in [1.29, 1.82) is 0 Å². The molecule has 0 spiro atoms. The predicted molar refractivity (Wildman–Crippen MR) is 136 cm³/mol. The van der Waals surface area contributed by atoms with E-state index in [0.717, 1.165) is 9.87 Å². The van der Waals surface area contributed by atoms with Crippen LogP contribution >= 0.6 is 23.2 Å². The number of aryl methyl sites for hydroxylation is 1. The zero-order valence-electron chi connectivity index (χ0n) is 18.7. The molecular weight excluding hydrogens is 511 g/mol. The summed E-state index contributed by atoms with van der Waals surface area (Å²) in [7, 11) is -2.97. The smallest absolute Gasteiger partial charge is 0.340 e. The van der Waals surface area contributed by atoms with Crippen LogP contribution in [0, 0.1) is 6.92 Å². The molecule has 0 amide bonds. The van der Waals surface area contributed by atoms with Crippen LogP contribution in [0.1, 0.15) is 20.7 Å². The van der Waals surface area contributed by atoms with Crippen LogP contribution in [-0.2, 0) is 14.8 Å². The van der Waals surface area contributed by atoms with Crippen molar-refractivity contribution in [2.24, 2.45) is 0 Å². The monoisotopic (exact) mass is 530 g/mol. The number of aromatic nitrogens is 1. The Labute approximate surface area is 212 Å². The van der Waals surface area contributed by atoms with E-state index in [9.17, 15) is 18.0 Å². The highest BCUT2D eigenvalue weighted by Crippen LogP contribution is 2.33. The van der Waals surface area contributed by atoms with Gasteiger partial charge in [-0.3, -0.25) is 13.7 Å². The highest BCUT2D eigenvalue weighted by atomic mass is 35.5. The van der Waals surface area contributed by atoms with Gasteiger partial charge in [-0.15, -0.1) is 0 Å². The van der Waals surface area contributed by atoms with Crippen molar-refractivity contribution in [2.45, 2.75) is 11.8 Å². The number of rotatable bonds is 6. The highest BCUT2D eigenvalue weighted by molar-refractivity contribution is 7.92. The minimum absolute atomic E-state index is 0.0143. The fraction of sp³-hybridized carbons (Fsp3) is 0.120. The van der Waals surface area contributed by atoms with Gasteiger partial charge in [0.1, 0.15) is 6.54 Å². The molecule has 0 fully saturated rings. The normalized spacial score (nSPS) is 11.4. The number of nitrogens with zero attached hydrogens (tertiary/aromatic N) is 2. The number of benzene rings is 3. The fourth-order valence-corrected chi connectivity index (χ4v) is 5.53. The maximum Gasteiger partial charge on any atom is 0.340 e. The molecule has 0 saturated heterocycles. The van der Waals surface area contributed by atoms with Crippen LogP contribution in [0.4, 0.5) is 5.69 Å². The molecule has 180 valence electrons. The van der Waals surface area contributed by atoms with Crippen molar-refractivity contribution >= 4 is 61.7 Å². The lowest BCUT2D eigenvalue weighted by molar-refractivity contribution is 0.0603. The first-order chi connectivity index (χ1) is 16.6. The van der Waals surface area contributed by atoms with Gasteiger partial charge in [-0.25, -0.2) is 13.2 Å². The molecule has 0 aliphatic carbocycles. The Hall–Kier alpha value is -3.33. The molecule has 0 radical (unpaired) electrons. The molecule has 4 aromatic rings. The largest absolute Gasteiger partial charge is 0.465 e. The number of fused-ring (bicyclic) bond motifs is 1. The number of esters is 1. The van der Waals surface area contributed by atoms with E-state index < -0.39 is 28.4 Å². The molecule has 0 saturated carbocycles. The Kier molecular flexibility index (Phi) is 6.89. The van der Waals surface area contributed by atoms with Gasteiger partial charge >= 0.3 is 5.97 Å². The van der Waals surface area contributed by atoms with Gasteiger partial charge < -0.3 is 4.74 Å². The lowest BCUT2D eigenvalue weighted by atomic mass is 10.2. The first-order valence-corrected chi connectivity index (χ1v) is 12.6. The molecular formula is C25H20Cl2N2O5S. The summed E-state index contributed by atoms with van der Waals surface area (Å²) < 4.78 is 34.4. The number of carbonyl (C=O) groups excluding carboxylic acids is 2. The second-order valence-corrected chi connectivity index (χ2v) is 10.4. The molecule has 0 atom stereocenters. The summed E-state index contributed by atoms with van der Waals surface area (Å²) in [4.78, 5) is 25.8. The predicted octanol–water partition coefficient (Wildman–Crippen LogP) is 5.58. The van der Waals surface area contributed by atoms with Gasteiger partial charge in [0.2, 0.25) is 0 Å². The molecule has 35 heavy (non-hydrogen) atoms. The lowest BCUT2D eigenvalue weighted by Gasteiger charge is -2.25. The number of carbonyl (C=O) groups is 2. The number of methoxy groups -OCH3 is 1. The summed E-state index contributed by atoms with van der Waals surface area (Å²) in [5.74, 6) is -1.22. The molecule has 0 aliphatic heterocycles. The fourth-order valence-electron chi connectivity index (χ4n) is 3.67. The van der Waals surface area contributed by atoms with Gasteiger partial charge in [-0.1, -0.05) is 59.1 Å². The molecule has 0 bridgehead atoms. The van der Waals surface area contributed by atoms with Crippen LogP contribution in [0.2, 0.25) is 10.0 Å². The van der Waals surface area contributed by atoms with Crippen LogP contribution in [0.25, 0.3) is 10.9 Å². The van der Waals surface area contributed by atoms with Gasteiger partial charge in [-0.05, 0) is 43.3 Å². The Morgan fingerprint density at radius 1 is 1.00 bits per heavy atom. The standard InChI is InChI=1S/C25H20Cl2N2O5S/c1-16-7-10-18(11-8-16)35(32,33)29(23-13-17(26)9-12-21(23)27)15-24(30)28-14-20(25(31)34-2)19-5-3-4-6-22(19)28/h3-14H,15H2,1-2H3. The van der Waals surface area contributed by atoms with Crippen molar-refractivity contribution < 1.29 is 22.7 Å². The Bertz CT molecular complexity index is 1550. The number of ether oxygens (including phenoxy) is 1. The summed E-state index contributed by atoms with van der Waals surface area (Å²) in [5.41, 5.74) is 1.55. The van der Waals surface area contributed by atoms with Crippen molar-refractivity contribution in [3.63, 3.8) is 0 Å². The van der Waals surface area contributed by atoms with E-state index in [0.29, 0.717) is 10.9 Å². The number of hydrogen-bond donors (Lipinski definition) is 0. The van der Waals surface area contributed by atoms with Crippen LogP contribution in [-0.4, -0.2) is 38.5 Å². The Morgan fingerprint density at radius 3 is 2.37 bits per heavy atom. The Balaban J connectivity index is 1.84. The molecule has 4 rings (SSSR count). The van der Waals surface area contributed by atoms with E-state index in [1.807, 2.05) is 6.92 Å². The quantitative estimate of drug-likeness (QED) is 0.304. The summed E-state index contributed by atoms with van der Waals surface area (Å²) >= 11 is 12.5. The maximum absolute atomic E-state index is 13.7. The minimum atomic E-state index is -4.22. The number of sulfonamides is 1. The zero-order chi connectivity index (χ0) is 25.3. The third-order valence-corrected chi connectivity index (χ3v) is 7.78. The molecule has 7 nitrogen and oxygen atoms in total. The van der Waals surface area contributed by atoms with E-state index in [-0.39, 0.29) is 26.2 Å². The van der Waals surface area contributed by atoms with Gasteiger partial charge in [-0.2, -0.15) is 0 Å². The average molecular weight is 531 g/mol. The van der Waals surface area contributed by atoms with Crippen molar-refractivity contribution in [1.82, 2.24) is 4.57 Å². The highest BCUT2D eigenvalue weighted by Gasteiger charge is 2.30. The molecule has 1 aromatic heterocycles. The molecule has 3 aromatic carbocycles. The van der Waals surface area contributed by atoms with Crippen molar-refractivity contribution in [3.05, 3.63) is 94.1 Å². The summed E-state index contributed by atoms with van der Waals surface area (Å²) in [6.45, 7) is 1.23. The van der Waals surface area contributed by atoms with Crippen LogP contribution < -0.4 is 4.31 Å². The first-order valence-electron chi connectivity index (χ1n) is 10.4. The van der Waals surface area contributed by atoms with E-state index >= 15 is 0 Å². The Morgan fingerprint density at radius 2 is 1.69 bits per heavy atom. The summed E-state index contributed by atoms with van der Waals surface area (Å²) in [6.07, 6.45) is 1.34. The molecule has 1 heterocycles. The molecule has 0 aliphatic rings. The van der Waals surface area contributed by atoms with Crippen LogP contribution in [0.3, 0.4) is 0 Å². The van der Waals surface area contributed by atoms with Crippen molar-refractivity contribution in [3.8, 4) is 0 Å². The van der Waals surface area contributed by atoms with E-state index in [4.69, 9.17) is 27.9 Å². The van der Waals surface area contributed by atoms with Gasteiger partial charge in [0, 0.05) is 16.6 Å². The van der Waals surface area contributed by atoms with Crippen LogP contribution in [0.5, 0.6) is 0 Å².